The van der Waals surface area contributed by atoms with Crippen molar-refractivity contribution < 1.29 is 0 Å². The zero-order valence-corrected chi connectivity index (χ0v) is 11.8. The van der Waals surface area contributed by atoms with Crippen molar-refractivity contribution in [3.63, 3.8) is 0 Å². The van der Waals surface area contributed by atoms with E-state index in [-0.39, 0.29) is 10.8 Å². The first-order chi connectivity index (χ1) is 9.24. The van der Waals surface area contributed by atoms with Crippen LogP contribution >= 0.6 is 12.6 Å². The predicted octanol–water partition coefficient (Wildman–Crippen LogP) is 2.89. The molecule has 100 valence electrons. The van der Waals surface area contributed by atoms with Crippen LogP contribution in [0.4, 0.5) is 0 Å². The molecule has 1 aliphatic carbocycles. The van der Waals surface area contributed by atoms with Crippen LogP contribution in [0.5, 0.6) is 0 Å². The Morgan fingerprint density at radius 1 is 1.26 bits per heavy atom. The number of benzene rings is 1. The smallest absolute Gasteiger partial charge is 0.207 e. The van der Waals surface area contributed by atoms with Crippen LogP contribution in [0, 0.1) is 5.41 Å². The van der Waals surface area contributed by atoms with Gasteiger partial charge < -0.3 is 0 Å². The fourth-order valence-electron chi connectivity index (χ4n) is 3.10. The quantitative estimate of drug-likeness (QED) is 0.873. The van der Waals surface area contributed by atoms with Crippen molar-refractivity contribution in [2.45, 2.75) is 32.2 Å². The minimum atomic E-state index is -0.00167. The Hall–Kier alpha value is -1.29. The third kappa shape index (κ3) is 2.29. The summed E-state index contributed by atoms with van der Waals surface area (Å²) < 4.78 is 1.98. The van der Waals surface area contributed by atoms with Gasteiger partial charge in [-0.15, -0.1) is 0 Å². The second-order valence-electron chi connectivity index (χ2n) is 5.55. The number of thiol groups is 1. The van der Waals surface area contributed by atoms with Crippen molar-refractivity contribution in [1.29, 1.82) is 0 Å². The molecule has 1 aliphatic rings. The van der Waals surface area contributed by atoms with Gasteiger partial charge in [0, 0.05) is 11.9 Å². The van der Waals surface area contributed by atoms with E-state index in [1.54, 1.807) is 0 Å². The molecular weight excluding hydrogens is 256 g/mol. The third-order valence-electron chi connectivity index (χ3n) is 4.25. The highest BCUT2D eigenvalue weighted by Crippen LogP contribution is 2.40. The molecule has 0 radical (unpaired) electrons. The van der Waals surface area contributed by atoms with E-state index in [0.717, 1.165) is 23.2 Å². The van der Waals surface area contributed by atoms with Crippen LogP contribution in [0.15, 0.2) is 35.3 Å². The van der Waals surface area contributed by atoms with E-state index >= 15 is 0 Å². The van der Waals surface area contributed by atoms with Crippen LogP contribution in [-0.2, 0) is 6.54 Å². The van der Waals surface area contributed by atoms with E-state index in [9.17, 15) is 4.79 Å². The molecule has 0 saturated heterocycles. The standard InChI is InChI=1S/C15H18N2OS/c18-14-9-16-17(13-6-2-1-5-12(13)14)10-15(11-19)7-3-4-8-15/h1-2,5-6,9,19H,3-4,7-8,10-11H2. The highest BCUT2D eigenvalue weighted by Gasteiger charge is 2.33. The first-order valence-corrected chi connectivity index (χ1v) is 7.43. The van der Waals surface area contributed by atoms with E-state index < -0.39 is 0 Å². The van der Waals surface area contributed by atoms with E-state index in [2.05, 4.69) is 17.7 Å². The molecule has 0 N–H and O–H groups in total. The highest BCUT2D eigenvalue weighted by atomic mass is 32.1. The number of hydrogen-bond donors (Lipinski definition) is 1. The minimum absolute atomic E-state index is 0.00167. The number of fused-ring (bicyclic) bond motifs is 1. The van der Waals surface area contributed by atoms with Crippen LogP contribution in [0.25, 0.3) is 10.9 Å². The van der Waals surface area contributed by atoms with Gasteiger partial charge in [-0.05, 0) is 36.1 Å². The lowest BCUT2D eigenvalue weighted by Crippen LogP contribution is -2.28. The van der Waals surface area contributed by atoms with Crippen molar-refractivity contribution in [2.75, 3.05) is 5.75 Å². The highest BCUT2D eigenvalue weighted by molar-refractivity contribution is 7.80. The number of hydrogen-bond acceptors (Lipinski definition) is 3. The molecule has 1 aromatic heterocycles. The molecule has 1 heterocycles. The van der Waals surface area contributed by atoms with Crippen molar-refractivity contribution in [3.05, 3.63) is 40.7 Å². The van der Waals surface area contributed by atoms with Gasteiger partial charge in [0.2, 0.25) is 5.43 Å². The SMILES string of the molecule is O=c1cnn(CC2(CS)CCCC2)c2ccccc12. The summed E-state index contributed by atoms with van der Waals surface area (Å²) in [5.41, 5.74) is 1.18. The lowest BCUT2D eigenvalue weighted by atomic mass is 9.88. The van der Waals surface area contributed by atoms with E-state index in [0.29, 0.717) is 0 Å². The van der Waals surface area contributed by atoms with Gasteiger partial charge in [-0.2, -0.15) is 17.7 Å². The number of nitrogens with zero attached hydrogens (tertiary/aromatic N) is 2. The molecule has 19 heavy (non-hydrogen) atoms. The van der Waals surface area contributed by atoms with Gasteiger partial charge >= 0.3 is 0 Å². The van der Waals surface area contributed by atoms with E-state index in [1.165, 1.54) is 31.9 Å². The van der Waals surface area contributed by atoms with Gasteiger partial charge in [-0.25, -0.2) is 0 Å². The van der Waals surface area contributed by atoms with E-state index in [4.69, 9.17) is 0 Å². The van der Waals surface area contributed by atoms with Crippen LogP contribution in [0.2, 0.25) is 0 Å². The van der Waals surface area contributed by atoms with E-state index in [1.807, 2.05) is 28.9 Å². The monoisotopic (exact) mass is 274 g/mol. The molecule has 1 fully saturated rings. The first-order valence-electron chi connectivity index (χ1n) is 6.80. The summed E-state index contributed by atoms with van der Waals surface area (Å²) in [4.78, 5) is 11.8. The van der Waals surface area contributed by atoms with Gasteiger partial charge in [0.15, 0.2) is 0 Å². The Balaban J connectivity index is 2.06. The Kier molecular flexibility index (Phi) is 3.35. The first kappa shape index (κ1) is 12.7. The lowest BCUT2D eigenvalue weighted by Gasteiger charge is -2.28. The fraction of sp³-hybridized carbons (Fsp3) is 0.467. The summed E-state index contributed by atoms with van der Waals surface area (Å²) >= 11 is 4.54. The molecular formula is C15H18N2OS. The van der Waals surface area contributed by atoms with Crippen LogP contribution in [0.1, 0.15) is 25.7 Å². The van der Waals surface area contributed by atoms with Crippen molar-refractivity contribution in [2.24, 2.45) is 5.41 Å². The van der Waals surface area contributed by atoms with Crippen molar-refractivity contribution in [1.82, 2.24) is 9.78 Å². The average molecular weight is 274 g/mol. The van der Waals surface area contributed by atoms with Gasteiger partial charge in [0.05, 0.1) is 11.7 Å². The van der Waals surface area contributed by atoms with Crippen LogP contribution in [-0.4, -0.2) is 15.5 Å². The molecule has 2 aromatic rings. The Labute approximate surface area is 118 Å². The maximum atomic E-state index is 11.8. The molecule has 1 aromatic carbocycles. The van der Waals surface area contributed by atoms with Crippen molar-refractivity contribution in [3.8, 4) is 0 Å². The summed E-state index contributed by atoms with van der Waals surface area (Å²) in [6.45, 7) is 0.858. The molecule has 3 rings (SSSR count). The molecule has 0 aliphatic heterocycles. The topological polar surface area (TPSA) is 34.9 Å². The van der Waals surface area contributed by atoms with Crippen LogP contribution < -0.4 is 5.43 Å². The third-order valence-corrected chi connectivity index (χ3v) is 4.92. The van der Waals surface area contributed by atoms with Gasteiger partial charge in [-0.3, -0.25) is 9.48 Å². The van der Waals surface area contributed by atoms with Gasteiger partial charge in [0.25, 0.3) is 0 Å². The largest absolute Gasteiger partial charge is 0.287 e. The minimum Gasteiger partial charge on any atom is -0.287 e. The van der Waals surface area contributed by atoms with Crippen molar-refractivity contribution >= 4 is 23.5 Å². The normalized spacial score (nSPS) is 17.9. The number of rotatable bonds is 3. The summed E-state index contributed by atoms with van der Waals surface area (Å²) in [7, 11) is 0. The molecule has 1 saturated carbocycles. The Bertz CT molecular complexity index is 644. The van der Waals surface area contributed by atoms with Crippen LogP contribution in [0.3, 0.4) is 0 Å². The number of aromatic nitrogens is 2. The maximum Gasteiger partial charge on any atom is 0.207 e. The summed E-state index contributed by atoms with van der Waals surface area (Å²) in [6.07, 6.45) is 6.40. The average Bonchev–Trinajstić information content (AvgIpc) is 2.92. The zero-order valence-electron chi connectivity index (χ0n) is 10.9. The lowest BCUT2D eigenvalue weighted by molar-refractivity contribution is 0.279. The molecule has 0 spiro atoms. The predicted molar refractivity (Wildman–Crippen MR) is 80.8 cm³/mol. The summed E-state index contributed by atoms with van der Waals surface area (Å²) in [5.74, 6) is 0.884. The molecule has 0 amide bonds. The van der Waals surface area contributed by atoms with Gasteiger partial charge in [-0.1, -0.05) is 25.0 Å². The zero-order chi connectivity index (χ0) is 13.3. The summed E-state index contributed by atoms with van der Waals surface area (Å²) in [6, 6.07) is 7.71. The molecule has 0 atom stereocenters. The van der Waals surface area contributed by atoms with Gasteiger partial charge in [0.1, 0.15) is 0 Å². The summed E-state index contributed by atoms with van der Waals surface area (Å²) in [5, 5.41) is 5.09. The maximum absolute atomic E-state index is 11.8. The number of para-hydroxylation sites is 1. The second-order valence-corrected chi connectivity index (χ2v) is 5.87. The molecule has 0 bridgehead atoms. The Morgan fingerprint density at radius 2 is 2.00 bits per heavy atom. The second kappa shape index (κ2) is 5.00. The molecule has 0 unspecified atom stereocenters. The molecule has 4 heteroatoms. The Morgan fingerprint density at radius 3 is 2.74 bits per heavy atom. The fourth-order valence-corrected chi connectivity index (χ4v) is 3.51. The molecule has 3 nitrogen and oxygen atoms in total.